The van der Waals surface area contributed by atoms with Crippen molar-refractivity contribution in [3.05, 3.63) is 12.7 Å². The molecule has 0 aromatic carbocycles. The van der Waals surface area contributed by atoms with Crippen LogP contribution in [0.1, 0.15) is 19.9 Å². The van der Waals surface area contributed by atoms with Gasteiger partial charge in [0.25, 0.3) is 0 Å². The molecule has 2 aromatic rings. The van der Waals surface area contributed by atoms with Crippen molar-refractivity contribution in [1.82, 2.24) is 19.5 Å². The summed E-state index contributed by atoms with van der Waals surface area (Å²) in [5.41, 5.74) is 6.81. The van der Waals surface area contributed by atoms with Gasteiger partial charge in [0.05, 0.1) is 19.0 Å². The number of ether oxygens (including phenoxy) is 1. The van der Waals surface area contributed by atoms with Crippen LogP contribution in [-0.2, 0) is 9.30 Å². The molecule has 0 aliphatic heterocycles. The van der Waals surface area contributed by atoms with Gasteiger partial charge in [-0.15, -0.1) is 0 Å². The molecule has 9 nitrogen and oxygen atoms in total. The highest BCUT2D eigenvalue weighted by Gasteiger charge is 2.22. The van der Waals surface area contributed by atoms with E-state index in [9.17, 15) is 4.57 Å². The third-order valence-electron chi connectivity index (χ3n) is 3.06. The smallest absolute Gasteiger partial charge is 0.350 e. The summed E-state index contributed by atoms with van der Waals surface area (Å²) in [7, 11) is -4.18. The van der Waals surface area contributed by atoms with Crippen LogP contribution in [0, 0.1) is 5.92 Å². The van der Waals surface area contributed by atoms with E-state index in [4.69, 9.17) is 20.3 Å². The number of aromatic nitrogens is 4. The fourth-order valence-electron chi connectivity index (χ4n) is 2.00. The molecule has 0 aliphatic carbocycles. The first kappa shape index (κ1) is 15.8. The molecule has 2 aromatic heterocycles. The summed E-state index contributed by atoms with van der Waals surface area (Å²) in [5, 5.41) is 0. The van der Waals surface area contributed by atoms with Crippen LogP contribution < -0.4 is 5.73 Å². The van der Waals surface area contributed by atoms with E-state index in [1.54, 1.807) is 10.9 Å². The Hall–Kier alpha value is -1.54. The number of rotatable bonds is 6. The lowest BCUT2D eigenvalue weighted by Gasteiger charge is -2.22. The lowest BCUT2D eigenvalue weighted by atomic mass is 10.1. The van der Waals surface area contributed by atoms with Gasteiger partial charge in [-0.3, -0.25) is 4.57 Å². The predicted octanol–water partition coefficient (Wildman–Crippen LogP) is 0.757. The lowest BCUT2D eigenvalue weighted by Crippen LogP contribution is -2.21. The molecule has 1 atom stereocenters. The second-order valence-corrected chi connectivity index (χ2v) is 6.65. The van der Waals surface area contributed by atoms with Gasteiger partial charge in [0, 0.05) is 0 Å². The summed E-state index contributed by atoms with van der Waals surface area (Å²) in [4.78, 5) is 29.9. The number of hydrogen-bond donors (Lipinski definition) is 3. The van der Waals surface area contributed by atoms with E-state index in [1.165, 1.54) is 6.33 Å². The SMILES string of the molecule is CC(C)[C@@H](COCP(=O)(O)O)n1cnc2c(N)ncnc21. The quantitative estimate of drug-likeness (QED) is 0.664. The van der Waals surface area contributed by atoms with Crippen LogP contribution in [0.5, 0.6) is 0 Å². The van der Waals surface area contributed by atoms with E-state index in [2.05, 4.69) is 15.0 Å². The van der Waals surface area contributed by atoms with Crippen molar-refractivity contribution in [2.24, 2.45) is 5.92 Å². The van der Waals surface area contributed by atoms with Crippen molar-refractivity contribution in [3.8, 4) is 0 Å². The number of nitrogen functional groups attached to an aromatic ring is 1. The monoisotopic (exact) mass is 315 g/mol. The number of fused-ring (bicyclic) bond motifs is 1. The number of hydrogen-bond acceptors (Lipinski definition) is 6. The summed E-state index contributed by atoms with van der Waals surface area (Å²) < 4.78 is 17.8. The number of imidazole rings is 1. The van der Waals surface area contributed by atoms with Crippen molar-refractivity contribution in [1.29, 1.82) is 0 Å². The maximum atomic E-state index is 10.8. The zero-order valence-electron chi connectivity index (χ0n) is 11.7. The fraction of sp³-hybridized carbons (Fsp3) is 0.545. The topological polar surface area (TPSA) is 136 Å². The summed E-state index contributed by atoms with van der Waals surface area (Å²) in [5.74, 6) is 0.438. The summed E-state index contributed by atoms with van der Waals surface area (Å²) >= 11 is 0. The van der Waals surface area contributed by atoms with Gasteiger partial charge in [0.2, 0.25) is 0 Å². The minimum atomic E-state index is -4.18. The Morgan fingerprint density at radius 2 is 2.10 bits per heavy atom. The molecule has 116 valence electrons. The zero-order chi connectivity index (χ0) is 15.6. The maximum absolute atomic E-state index is 10.8. The normalized spacial score (nSPS) is 14.0. The Balaban J connectivity index is 2.25. The standard InChI is InChI=1S/C11H18N5O4P/c1-7(2)8(3-20-6-21(17,18)19)16-5-15-9-10(12)13-4-14-11(9)16/h4-5,7-8H,3,6H2,1-2H3,(H2,12,13,14)(H2,17,18,19)/t8-/m1/s1. The van der Waals surface area contributed by atoms with Gasteiger partial charge in [-0.25, -0.2) is 15.0 Å². The molecule has 0 saturated heterocycles. The van der Waals surface area contributed by atoms with Crippen LogP contribution in [-0.4, -0.2) is 42.3 Å². The van der Waals surface area contributed by atoms with E-state index in [0.29, 0.717) is 11.2 Å². The molecule has 0 spiro atoms. The minimum Gasteiger partial charge on any atom is -0.382 e. The molecule has 0 saturated carbocycles. The Labute approximate surface area is 121 Å². The van der Waals surface area contributed by atoms with E-state index >= 15 is 0 Å². The van der Waals surface area contributed by atoms with E-state index in [-0.39, 0.29) is 24.4 Å². The van der Waals surface area contributed by atoms with Gasteiger partial charge in [-0.05, 0) is 5.92 Å². The predicted molar refractivity (Wildman–Crippen MR) is 76.5 cm³/mol. The highest BCUT2D eigenvalue weighted by Crippen LogP contribution is 2.34. The van der Waals surface area contributed by atoms with Crippen LogP contribution in [0.15, 0.2) is 12.7 Å². The van der Waals surface area contributed by atoms with Gasteiger partial charge < -0.3 is 24.8 Å². The first-order chi connectivity index (χ1) is 9.79. The maximum Gasteiger partial charge on any atom is 0.350 e. The van der Waals surface area contributed by atoms with Gasteiger partial charge >= 0.3 is 7.60 Å². The molecule has 0 amide bonds. The van der Waals surface area contributed by atoms with E-state index in [1.807, 2.05) is 13.8 Å². The van der Waals surface area contributed by atoms with Crippen molar-refractivity contribution in [3.63, 3.8) is 0 Å². The Bertz CT molecular complexity index is 668. The van der Waals surface area contributed by atoms with Crippen LogP contribution >= 0.6 is 7.60 Å². The first-order valence-electron chi connectivity index (χ1n) is 6.35. The third-order valence-corrected chi connectivity index (χ3v) is 3.58. The second-order valence-electron chi connectivity index (χ2n) is 5.06. The van der Waals surface area contributed by atoms with Crippen LogP contribution in [0.3, 0.4) is 0 Å². The highest BCUT2D eigenvalue weighted by molar-refractivity contribution is 7.51. The van der Waals surface area contributed by atoms with Crippen molar-refractivity contribution in [2.75, 3.05) is 18.7 Å². The fourth-order valence-corrected chi connectivity index (χ4v) is 2.34. The minimum absolute atomic E-state index is 0.137. The van der Waals surface area contributed by atoms with Crippen LogP contribution in [0.4, 0.5) is 5.82 Å². The molecule has 0 bridgehead atoms. The van der Waals surface area contributed by atoms with Crippen LogP contribution in [0.25, 0.3) is 11.2 Å². The highest BCUT2D eigenvalue weighted by atomic mass is 31.2. The summed E-state index contributed by atoms with van der Waals surface area (Å²) in [6, 6.07) is -0.171. The molecular weight excluding hydrogens is 297 g/mol. The second kappa shape index (κ2) is 6.07. The third kappa shape index (κ3) is 3.76. The Morgan fingerprint density at radius 3 is 2.71 bits per heavy atom. The van der Waals surface area contributed by atoms with Gasteiger partial charge in [-0.2, -0.15) is 0 Å². The van der Waals surface area contributed by atoms with Crippen LogP contribution in [0.2, 0.25) is 0 Å². The van der Waals surface area contributed by atoms with Gasteiger partial charge in [0.1, 0.15) is 18.2 Å². The number of anilines is 1. The molecule has 0 unspecified atom stereocenters. The number of nitrogens with zero attached hydrogens (tertiary/aromatic N) is 4. The first-order valence-corrected chi connectivity index (χ1v) is 8.14. The Kier molecular flexibility index (Phi) is 4.58. The molecular formula is C11H18N5O4P. The molecule has 0 aliphatic rings. The van der Waals surface area contributed by atoms with Crippen molar-refractivity contribution < 1.29 is 19.1 Å². The number of nitrogens with two attached hydrogens (primary N) is 1. The van der Waals surface area contributed by atoms with E-state index in [0.717, 1.165) is 0 Å². The zero-order valence-corrected chi connectivity index (χ0v) is 12.6. The molecule has 2 heterocycles. The average molecular weight is 315 g/mol. The molecule has 4 N–H and O–H groups in total. The van der Waals surface area contributed by atoms with Gasteiger partial charge in [-0.1, -0.05) is 13.8 Å². The molecule has 0 fully saturated rings. The molecule has 21 heavy (non-hydrogen) atoms. The van der Waals surface area contributed by atoms with Gasteiger partial charge in [0.15, 0.2) is 11.5 Å². The largest absolute Gasteiger partial charge is 0.382 e. The lowest BCUT2D eigenvalue weighted by molar-refractivity contribution is 0.108. The van der Waals surface area contributed by atoms with E-state index < -0.39 is 13.9 Å². The average Bonchev–Trinajstić information content (AvgIpc) is 2.78. The molecule has 0 radical (unpaired) electrons. The molecule has 10 heteroatoms. The Morgan fingerprint density at radius 1 is 1.38 bits per heavy atom. The summed E-state index contributed by atoms with van der Waals surface area (Å²) in [6.07, 6.45) is 2.32. The van der Waals surface area contributed by atoms with Crippen molar-refractivity contribution in [2.45, 2.75) is 19.9 Å². The molecule has 2 rings (SSSR count). The summed E-state index contributed by atoms with van der Waals surface area (Å²) in [6.45, 7) is 4.09. The van der Waals surface area contributed by atoms with Crippen molar-refractivity contribution >= 4 is 24.6 Å².